The number of ether oxygens (including phenoxy) is 1. The van der Waals surface area contributed by atoms with E-state index in [2.05, 4.69) is 10.3 Å². The Balaban J connectivity index is 1.43. The van der Waals surface area contributed by atoms with Crippen LogP contribution >= 0.6 is 11.3 Å². The number of aromatic nitrogens is 1. The maximum absolute atomic E-state index is 12.8. The van der Waals surface area contributed by atoms with Crippen molar-refractivity contribution < 1.29 is 9.53 Å². The highest BCUT2D eigenvalue weighted by atomic mass is 32.1. The fraction of sp³-hybridized carbons (Fsp3) is 0.474. The van der Waals surface area contributed by atoms with Gasteiger partial charge in [0.05, 0.1) is 11.0 Å². The van der Waals surface area contributed by atoms with Gasteiger partial charge in [-0.15, -0.1) is 11.3 Å². The third-order valence-corrected chi connectivity index (χ3v) is 6.24. The zero-order chi connectivity index (χ0) is 17.1. The van der Waals surface area contributed by atoms with Gasteiger partial charge in [0.2, 0.25) is 0 Å². The van der Waals surface area contributed by atoms with E-state index in [1.165, 1.54) is 11.3 Å². The number of rotatable bonds is 5. The summed E-state index contributed by atoms with van der Waals surface area (Å²) in [6.07, 6.45) is 5.01. The third kappa shape index (κ3) is 3.41. The molecule has 132 valence electrons. The highest BCUT2D eigenvalue weighted by molar-refractivity contribution is 7.12. The van der Waals surface area contributed by atoms with Crippen molar-refractivity contribution in [1.82, 2.24) is 9.88 Å². The first kappa shape index (κ1) is 16.5. The number of nitrogens with one attached hydrogen (secondary N) is 1. The number of carbonyl (C=O) groups excluding carboxylic acids is 1. The summed E-state index contributed by atoms with van der Waals surface area (Å²) < 4.78 is 6.00. The van der Waals surface area contributed by atoms with E-state index in [9.17, 15) is 4.79 Å². The minimum absolute atomic E-state index is 0.0625. The van der Waals surface area contributed by atoms with Gasteiger partial charge in [0.25, 0.3) is 5.91 Å². The Kier molecular flexibility index (Phi) is 4.72. The summed E-state index contributed by atoms with van der Waals surface area (Å²) in [7, 11) is 0. The number of nitrogens with zero attached hydrogens (tertiary/aromatic N) is 2. The lowest BCUT2D eigenvalue weighted by Gasteiger charge is -2.43. The van der Waals surface area contributed by atoms with Crippen LogP contribution in [-0.2, 0) is 4.74 Å². The van der Waals surface area contributed by atoms with Crippen LogP contribution in [0.2, 0.25) is 0 Å². The molecule has 0 spiro atoms. The van der Waals surface area contributed by atoms with Crippen molar-refractivity contribution in [3.63, 3.8) is 0 Å². The van der Waals surface area contributed by atoms with Crippen molar-refractivity contribution in [2.45, 2.75) is 25.4 Å². The summed E-state index contributed by atoms with van der Waals surface area (Å²) in [6, 6.07) is 9.74. The Morgan fingerprint density at radius 3 is 3.16 bits per heavy atom. The van der Waals surface area contributed by atoms with Gasteiger partial charge in [-0.05, 0) is 42.8 Å². The largest absolute Gasteiger partial charge is 0.377 e. The molecule has 0 unspecified atom stereocenters. The van der Waals surface area contributed by atoms with Crippen LogP contribution in [0.3, 0.4) is 0 Å². The minimum atomic E-state index is 0.0625. The number of likely N-dealkylation sites (tertiary alicyclic amines) is 1. The van der Waals surface area contributed by atoms with Gasteiger partial charge in [0, 0.05) is 37.9 Å². The Labute approximate surface area is 152 Å². The second-order valence-corrected chi connectivity index (χ2v) is 7.80. The van der Waals surface area contributed by atoms with E-state index in [4.69, 9.17) is 4.74 Å². The zero-order valence-corrected chi connectivity index (χ0v) is 15.0. The van der Waals surface area contributed by atoms with Crippen molar-refractivity contribution in [1.29, 1.82) is 0 Å². The van der Waals surface area contributed by atoms with E-state index in [1.54, 1.807) is 6.20 Å². The van der Waals surface area contributed by atoms with E-state index in [0.717, 1.165) is 56.2 Å². The van der Waals surface area contributed by atoms with Crippen LogP contribution in [0.1, 0.15) is 28.9 Å². The lowest BCUT2D eigenvalue weighted by Crippen LogP contribution is -2.52. The van der Waals surface area contributed by atoms with Crippen molar-refractivity contribution in [2.24, 2.45) is 5.41 Å². The van der Waals surface area contributed by atoms with Gasteiger partial charge in [-0.25, -0.2) is 4.98 Å². The Morgan fingerprint density at radius 1 is 1.40 bits per heavy atom. The highest BCUT2D eigenvalue weighted by Gasteiger charge is 2.48. The average Bonchev–Trinajstić information content (AvgIpc) is 3.31. The van der Waals surface area contributed by atoms with Crippen LogP contribution < -0.4 is 5.32 Å². The molecule has 1 N–H and O–H groups in total. The second kappa shape index (κ2) is 7.14. The predicted molar refractivity (Wildman–Crippen MR) is 99.0 cm³/mol. The van der Waals surface area contributed by atoms with E-state index in [-0.39, 0.29) is 17.4 Å². The number of thiophene rings is 1. The molecule has 1 amide bonds. The van der Waals surface area contributed by atoms with Gasteiger partial charge in [-0.3, -0.25) is 4.79 Å². The van der Waals surface area contributed by atoms with Crippen LogP contribution in [0.15, 0.2) is 41.9 Å². The van der Waals surface area contributed by atoms with E-state index >= 15 is 0 Å². The fourth-order valence-corrected chi connectivity index (χ4v) is 4.74. The van der Waals surface area contributed by atoms with Crippen LogP contribution in [0, 0.1) is 5.41 Å². The topological polar surface area (TPSA) is 54.5 Å². The second-order valence-electron chi connectivity index (χ2n) is 6.86. The molecule has 0 aliphatic carbocycles. The molecule has 4 heterocycles. The Morgan fingerprint density at radius 2 is 2.36 bits per heavy atom. The van der Waals surface area contributed by atoms with Gasteiger partial charge in [-0.2, -0.15) is 0 Å². The first-order valence-electron chi connectivity index (χ1n) is 8.86. The first-order chi connectivity index (χ1) is 12.3. The lowest BCUT2D eigenvalue weighted by atomic mass is 9.74. The van der Waals surface area contributed by atoms with Crippen molar-refractivity contribution in [3.8, 4) is 0 Å². The molecule has 5 nitrogen and oxygen atoms in total. The smallest absolute Gasteiger partial charge is 0.263 e. The zero-order valence-electron chi connectivity index (χ0n) is 14.2. The van der Waals surface area contributed by atoms with Gasteiger partial charge < -0.3 is 15.0 Å². The molecule has 2 atom stereocenters. The molecule has 2 aromatic rings. The molecule has 2 aromatic heterocycles. The summed E-state index contributed by atoms with van der Waals surface area (Å²) >= 11 is 1.52. The molecule has 4 rings (SSSR count). The van der Waals surface area contributed by atoms with Gasteiger partial charge in [0.1, 0.15) is 5.82 Å². The SMILES string of the molecule is O=C(c1cccs1)N1CC[C@H]2OCC[C@@]2(CCNc2ccccn2)C1. The van der Waals surface area contributed by atoms with Crippen LogP contribution in [-0.4, -0.2) is 48.1 Å². The summed E-state index contributed by atoms with van der Waals surface area (Å²) in [5.74, 6) is 1.06. The summed E-state index contributed by atoms with van der Waals surface area (Å²) in [6.45, 7) is 3.22. The van der Waals surface area contributed by atoms with Crippen LogP contribution in [0.5, 0.6) is 0 Å². The number of anilines is 1. The van der Waals surface area contributed by atoms with Crippen LogP contribution in [0.4, 0.5) is 5.82 Å². The predicted octanol–water partition coefficient (Wildman–Crippen LogP) is 3.27. The molecular formula is C19H23N3O2S. The number of amides is 1. The molecular weight excluding hydrogens is 334 g/mol. The summed E-state index contributed by atoms with van der Waals surface area (Å²) in [5, 5.41) is 5.37. The molecule has 2 saturated heterocycles. The molecule has 25 heavy (non-hydrogen) atoms. The van der Waals surface area contributed by atoms with Crippen molar-refractivity contribution >= 4 is 23.1 Å². The maximum atomic E-state index is 12.8. The minimum Gasteiger partial charge on any atom is -0.377 e. The van der Waals surface area contributed by atoms with Gasteiger partial charge >= 0.3 is 0 Å². The molecule has 0 aromatic carbocycles. The van der Waals surface area contributed by atoms with Gasteiger partial charge in [-0.1, -0.05) is 12.1 Å². The van der Waals surface area contributed by atoms with E-state index < -0.39 is 0 Å². The fourth-order valence-electron chi connectivity index (χ4n) is 4.05. The molecule has 0 radical (unpaired) electrons. The Bertz CT molecular complexity index is 707. The monoisotopic (exact) mass is 357 g/mol. The van der Waals surface area contributed by atoms with Gasteiger partial charge in [0.15, 0.2) is 0 Å². The molecule has 0 saturated carbocycles. The summed E-state index contributed by atoms with van der Waals surface area (Å²) in [4.78, 5) is 19.9. The van der Waals surface area contributed by atoms with E-state index in [1.807, 2.05) is 40.6 Å². The first-order valence-corrected chi connectivity index (χ1v) is 9.74. The quantitative estimate of drug-likeness (QED) is 0.892. The normalized spacial score (nSPS) is 25.6. The number of pyridine rings is 1. The molecule has 0 bridgehead atoms. The maximum Gasteiger partial charge on any atom is 0.263 e. The number of carbonyl (C=O) groups is 1. The molecule has 2 aliphatic rings. The Hall–Kier alpha value is -1.92. The number of hydrogen-bond donors (Lipinski definition) is 1. The van der Waals surface area contributed by atoms with Crippen molar-refractivity contribution in [2.75, 3.05) is 31.6 Å². The molecule has 2 fully saturated rings. The van der Waals surface area contributed by atoms with Crippen LogP contribution in [0.25, 0.3) is 0 Å². The average molecular weight is 357 g/mol. The van der Waals surface area contributed by atoms with Crippen molar-refractivity contribution in [3.05, 3.63) is 46.8 Å². The number of piperidine rings is 1. The molecule has 6 heteroatoms. The van der Waals surface area contributed by atoms with E-state index in [0.29, 0.717) is 0 Å². The number of fused-ring (bicyclic) bond motifs is 1. The number of hydrogen-bond acceptors (Lipinski definition) is 5. The lowest BCUT2D eigenvalue weighted by molar-refractivity contribution is -0.0148. The summed E-state index contributed by atoms with van der Waals surface area (Å²) in [5.41, 5.74) is 0.0625. The molecule has 2 aliphatic heterocycles. The standard InChI is InChI=1S/C19H23N3O2S/c23-18(15-4-3-13-25-15)22-11-6-16-19(14-22,8-12-24-16)7-10-21-17-5-1-2-9-20-17/h1-5,9,13,16H,6-8,10-12,14H2,(H,20,21)/t16-,19+/m1/s1. The third-order valence-electron chi connectivity index (χ3n) is 5.38. The highest BCUT2D eigenvalue weighted by Crippen LogP contribution is 2.43.